The van der Waals surface area contributed by atoms with Crippen molar-refractivity contribution in [1.29, 1.82) is 0 Å². The van der Waals surface area contributed by atoms with Gasteiger partial charge in [0.05, 0.1) is 6.61 Å². The van der Waals surface area contributed by atoms with Gasteiger partial charge in [0, 0.05) is 17.6 Å². The first kappa shape index (κ1) is 10.9. The van der Waals surface area contributed by atoms with E-state index in [0.717, 1.165) is 17.9 Å². The first-order chi connectivity index (χ1) is 7.29. The molecule has 0 aromatic heterocycles. The first-order valence-electron chi connectivity index (χ1n) is 5.39. The Bertz CT molecular complexity index is 323. The molecule has 0 unspecified atom stereocenters. The molecule has 15 heavy (non-hydrogen) atoms. The van der Waals surface area contributed by atoms with Crippen LogP contribution in [-0.2, 0) is 0 Å². The minimum atomic E-state index is 0.221. The lowest BCUT2D eigenvalue weighted by Gasteiger charge is -2.36. The fourth-order valence-electron chi connectivity index (χ4n) is 2.09. The maximum atomic E-state index is 8.67. The molecule has 0 bridgehead atoms. The van der Waals surface area contributed by atoms with Crippen LogP contribution < -0.4 is 5.32 Å². The zero-order chi connectivity index (χ0) is 10.7. The molecule has 0 radical (unpaired) electrons. The second-order valence-corrected chi connectivity index (χ2v) is 4.53. The van der Waals surface area contributed by atoms with Crippen LogP contribution in [0.1, 0.15) is 24.3 Å². The lowest BCUT2D eigenvalue weighted by Crippen LogP contribution is -2.41. The van der Waals surface area contributed by atoms with Crippen molar-refractivity contribution in [2.75, 3.05) is 13.2 Å². The van der Waals surface area contributed by atoms with Gasteiger partial charge in [-0.15, -0.1) is 0 Å². The van der Waals surface area contributed by atoms with E-state index in [9.17, 15) is 0 Å². The zero-order valence-corrected chi connectivity index (χ0v) is 9.37. The summed E-state index contributed by atoms with van der Waals surface area (Å²) < 4.78 is 0. The van der Waals surface area contributed by atoms with E-state index in [2.05, 4.69) is 17.4 Å². The molecule has 82 valence electrons. The SMILES string of the molecule is OCCNC1CC(c2cccc(Cl)c2)C1. The van der Waals surface area contributed by atoms with Gasteiger partial charge in [-0.25, -0.2) is 0 Å². The van der Waals surface area contributed by atoms with Gasteiger partial charge in [-0.05, 0) is 36.5 Å². The highest BCUT2D eigenvalue weighted by Gasteiger charge is 2.29. The summed E-state index contributed by atoms with van der Waals surface area (Å²) in [5.41, 5.74) is 1.34. The monoisotopic (exact) mass is 225 g/mol. The summed E-state index contributed by atoms with van der Waals surface area (Å²) in [5, 5.41) is 12.8. The maximum absolute atomic E-state index is 8.67. The maximum Gasteiger partial charge on any atom is 0.0556 e. The fourth-order valence-corrected chi connectivity index (χ4v) is 2.28. The van der Waals surface area contributed by atoms with E-state index in [0.29, 0.717) is 18.5 Å². The predicted molar refractivity (Wildman–Crippen MR) is 62.3 cm³/mol. The molecule has 0 saturated heterocycles. The summed E-state index contributed by atoms with van der Waals surface area (Å²) in [6, 6.07) is 8.67. The summed E-state index contributed by atoms with van der Waals surface area (Å²) in [6.07, 6.45) is 2.31. The third kappa shape index (κ3) is 2.71. The standard InChI is InChI=1S/C12H16ClNO/c13-11-3-1-2-9(6-11)10-7-12(8-10)14-4-5-15/h1-3,6,10,12,14-15H,4-5,7-8H2. The summed E-state index contributed by atoms with van der Waals surface area (Å²) in [6.45, 7) is 0.922. The van der Waals surface area contributed by atoms with Gasteiger partial charge in [0.25, 0.3) is 0 Å². The average molecular weight is 226 g/mol. The Morgan fingerprint density at radius 1 is 1.40 bits per heavy atom. The topological polar surface area (TPSA) is 32.3 Å². The van der Waals surface area contributed by atoms with Gasteiger partial charge in [0.1, 0.15) is 0 Å². The Kier molecular flexibility index (Phi) is 3.62. The molecule has 0 aliphatic heterocycles. The van der Waals surface area contributed by atoms with Gasteiger partial charge >= 0.3 is 0 Å². The van der Waals surface area contributed by atoms with E-state index >= 15 is 0 Å². The average Bonchev–Trinajstić information content (AvgIpc) is 2.16. The number of aliphatic hydroxyl groups is 1. The van der Waals surface area contributed by atoms with Crippen molar-refractivity contribution in [1.82, 2.24) is 5.32 Å². The highest BCUT2D eigenvalue weighted by Crippen LogP contribution is 2.37. The minimum Gasteiger partial charge on any atom is -0.395 e. The zero-order valence-electron chi connectivity index (χ0n) is 8.62. The molecule has 0 atom stereocenters. The number of halogens is 1. The third-order valence-corrected chi connectivity index (χ3v) is 3.24. The Morgan fingerprint density at radius 3 is 2.87 bits per heavy atom. The van der Waals surface area contributed by atoms with E-state index < -0.39 is 0 Å². The second-order valence-electron chi connectivity index (χ2n) is 4.10. The minimum absolute atomic E-state index is 0.221. The molecular weight excluding hydrogens is 210 g/mol. The second kappa shape index (κ2) is 4.97. The van der Waals surface area contributed by atoms with Gasteiger partial charge in [0.15, 0.2) is 0 Å². The normalized spacial score (nSPS) is 24.9. The lowest BCUT2D eigenvalue weighted by atomic mass is 9.76. The van der Waals surface area contributed by atoms with Crippen LogP contribution >= 0.6 is 11.6 Å². The van der Waals surface area contributed by atoms with Crippen molar-refractivity contribution < 1.29 is 5.11 Å². The number of benzene rings is 1. The van der Waals surface area contributed by atoms with Crippen molar-refractivity contribution in [3.8, 4) is 0 Å². The van der Waals surface area contributed by atoms with Crippen LogP contribution in [0.3, 0.4) is 0 Å². The van der Waals surface area contributed by atoms with Crippen LogP contribution in [0.4, 0.5) is 0 Å². The van der Waals surface area contributed by atoms with Crippen LogP contribution in [0.5, 0.6) is 0 Å². The quantitative estimate of drug-likeness (QED) is 0.823. The Hall–Kier alpha value is -0.570. The smallest absolute Gasteiger partial charge is 0.0556 e. The van der Waals surface area contributed by atoms with E-state index in [1.54, 1.807) is 0 Å². The van der Waals surface area contributed by atoms with Crippen LogP contribution in [-0.4, -0.2) is 24.3 Å². The Balaban J connectivity index is 1.84. The Labute approximate surface area is 95.3 Å². The number of rotatable bonds is 4. The first-order valence-corrected chi connectivity index (χ1v) is 5.77. The van der Waals surface area contributed by atoms with Crippen molar-refractivity contribution in [3.63, 3.8) is 0 Å². The number of hydrogen-bond acceptors (Lipinski definition) is 2. The molecule has 2 rings (SSSR count). The summed E-state index contributed by atoms with van der Waals surface area (Å²) in [7, 11) is 0. The molecular formula is C12H16ClNO. The van der Waals surface area contributed by atoms with E-state index in [1.807, 2.05) is 12.1 Å². The van der Waals surface area contributed by atoms with Crippen LogP contribution in [0.15, 0.2) is 24.3 Å². The van der Waals surface area contributed by atoms with Gasteiger partial charge < -0.3 is 10.4 Å². The van der Waals surface area contributed by atoms with Gasteiger partial charge in [-0.2, -0.15) is 0 Å². The summed E-state index contributed by atoms with van der Waals surface area (Å²) in [4.78, 5) is 0. The van der Waals surface area contributed by atoms with E-state index in [1.165, 1.54) is 5.56 Å². The highest BCUT2D eigenvalue weighted by atomic mass is 35.5. The van der Waals surface area contributed by atoms with Gasteiger partial charge in [-0.3, -0.25) is 0 Å². The molecule has 1 aliphatic rings. The largest absolute Gasteiger partial charge is 0.395 e. The molecule has 2 N–H and O–H groups in total. The van der Waals surface area contributed by atoms with Crippen LogP contribution in [0, 0.1) is 0 Å². The van der Waals surface area contributed by atoms with Crippen LogP contribution in [0.25, 0.3) is 0 Å². The van der Waals surface area contributed by atoms with E-state index in [4.69, 9.17) is 16.7 Å². The summed E-state index contributed by atoms with van der Waals surface area (Å²) in [5.74, 6) is 0.639. The lowest BCUT2D eigenvalue weighted by molar-refractivity contribution is 0.244. The molecule has 0 heterocycles. The molecule has 2 nitrogen and oxygen atoms in total. The van der Waals surface area contributed by atoms with Crippen LogP contribution in [0.2, 0.25) is 5.02 Å². The fraction of sp³-hybridized carbons (Fsp3) is 0.500. The Morgan fingerprint density at radius 2 is 2.20 bits per heavy atom. The molecule has 1 aromatic rings. The van der Waals surface area contributed by atoms with Crippen molar-refractivity contribution in [2.24, 2.45) is 0 Å². The van der Waals surface area contributed by atoms with Crippen molar-refractivity contribution in [2.45, 2.75) is 24.8 Å². The van der Waals surface area contributed by atoms with Crippen molar-refractivity contribution >= 4 is 11.6 Å². The number of aliphatic hydroxyl groups excluding tert-OH is 1. The van der Waals surface area contributed by atoms with Crippen molar-refractivity contribution in [3.05, 3.63) is 34.9 Å². The van der Waals surface area contributed by atoms with Gasteiger partial charge in [0.2, 0.25) is 0 Å². The molecule has 1 aliphatic carbocycles. The highest BCUT2D eigenvalue weighted by molar-refractivity contribution is 6.30. The third-order valence-electron chi connectivity index (χ3n) is 3.00. The molecule has 1 aromatic carbocycles. The molecule has 1 fully saturated rings. The molecule has 1 saturated carbocycles. The number of nitrogens with one attached hydrogen (secondary N) is 1. The van der Waals surface area contributed by atoms with Gasteiger partial charge in [-0.1, -0.05) is 23.7 Å². The molecule has 0 spiro atoms. The summed E-state index contributed by atoms with van der Waals surface area (Å²) >= 11 is 5.94. The number of hydrogen-bond donors (Lipinski definition) is 2. The molecule has 0 amide bonds. The van der Waals surface area contributed by atoms with E-state index in [-0.39, 0.29) is 6.61 Å². The molecule has 3 heteroatoms. The predicted octanol–water partition coefficient (Wildman–Crippen LogP) is 2.17.